The molecular weight excluding hydrogens is 272 g/mol. The molecule has 4 nitrogen and oxygen atoms in total. The normalized spacial score (nSPS) is 22.4. The maximum atomic E-state index is 12.4. The molecule has 1 N–H and O–H groups in total. The molecule has 1 amide bonds. The molecule has 2 unspecified atom stereocenters. The van der Waals surface area contributed by atoms with Crippen molar-refractivity contribution in [2.75, 3.05) is 25.7 Å². The summed E-state index contributed by atoms with van der Waals surface area (Å²) in [6, 6.07) is 7.85. The van der Waals surface area contributed by atoms with E-state index in [9.17, 15) is 4.79 Å². The summed E-state index contributed by atoms with van der Waals surface area (Å²) in [6.45, 7) is 2.82. The Morgan fingerprint density at radius 3 is 2.60 bits per heavy atom. The van der Waals surface area contributed by atoms with Crippen LogP contribution in [-0.2, 0) is 4.79 Å². The van der Waals surface area contributed by atoms with E-state index in [1.165, 1.54) is 0 Å². The van der Waals surface area contributed by atoms with Gasteiger partial charge in [-0.1, -0.05) is 19.1 Å². The zero-order valence-corrected chi connectivity index (χ0v) is 13.1. The SMILES string of the molecule is CCC1NC(c2ccc(OC)cc2)N(CCSC)C1=O. The Hall–Kier alpha value is -1.20. The molecule has 110 valence electrons. The van der Waals surface area contributed by atoms with E-state index in [4.69, 9.17) is 4.74 Å². The number of hydrogen-bond acceptors (Lipinski definition) is 4. The average Bonchev–Trinajstić information content (AvgIpc) is 2.81. The highest BCUT2D eigenvalue weighted by Crippen LogP contribution is 2.27. The minimum Gasteiger partial charge on any atom is -0.497 e. The van der Waals surface area contributed by atoms with Gasteiger partial charge in [-0.25, -0.2) is 0 Å². The van der Waals surface area contributed by atoms with E-state index in [-0.39, 0.29) is 18.1 Å². The van der Waals surface area contributed by atoms with Crippen molar-refractivity contribution in [2.24, 2.45) is 0 Å². The molecule has 1 aliphatic heterocycles. The van der Waals surface area contributed by atoms with Crippen LogP contribution in [0, 0.1) is 0 Å². The van der Waals surface area contributed by atoms with Crippen LogP contribution in [0.3, 0.4) is 0 Å². The molecule has 0 radical (unpaired) electrons. The van der Waals surface area contributed by atoms with Crippen LogP contribution in [0.5, 0.6) is 5.75 Å². The highest BCUT2D eigenvalue weighted by Gasteiger charge is 2.37. The van der Waals surface area contributed by atoms with Crippen LogP contribution in [0.25, 0.3) is 0 Å². The van der Waals surface area contributed by atoms with E-state index in [0.717, 1.165) is 30.0 Å². The second kappa shape index (κ2) is 6.99. The van der Waals surface area contributed by atoms with Crippen LogP contribution in [0.4, 0.5) is 0 Å². The minimum atomic E-state index is -0.0658. The average molecular weight is 294 g/mol. The molecule has 0 bridgehead atoms. The van der Waals surface area contributed by atoms with Crippen LogP contribution in [0.2, 0.25) is 0 Å². The van der Waals surface area contributed by atoms with Crippen molar-refractivity contribution < 1.29 is 9.53 Å². The molecule has 1 fully saturated rings. The Morgan fingerprint density at radius 2 is 2.05 bits per heavy atom. The lowest BCUT2D eigenvalue weighted by molar-refractivity contribution is -0.129. The second-order valence-electron chi connectivity index (χ2n) is 4.83. The third-order valence-electron chi connectivity index (χ3n) is 3.63. The second-order valence-corrected chi connectivity index (χ2v) is 5.81. The van der Waals surface area contributed by atoms with Gasteiger partial charge in [-0.2, -0.15) is 11.8 Å². The number of methoxy groups -OCH3 is 1. The first kappa shape index (κ1) is 15.2. The van der Waals surface area contributed by atoms with E-state index in [1.54, 1.807) is 18.9 Å². The lowest BCUT2D eigenvalue weighted by Gasteiger charge is -2.24. The number of ether oxygens (including phenoxy) is 1. The molecule has 0 saturated carbocycles. The van der Waals surface area contributed by atoms with Crippen LogP contribution in [0.15, 0.2) is 24.3 Å². The molecule has 1 aromatic carbocycles. The predicted molar refractivity (Wildman–Crippen MR) is 83.0 cm³/mol. The first-order valence-electron chi connectivity index (χ1n) is 6.90. The first-order valence-corrected chi connectivity index (χ1v) is 8.30. The number of thioether (sulfide) groups is 1. The summed E-state index contributed by atoms with van der Waals surface area (Å²) < 4.78 is 5.18. The van der Waals surface area contributed by atoms with Crippen LogP contribution in [0.1, 0.15) is 25.1 Å². The van der Waals surface area contributed by atoms with Crippen molar-refractivity contribution in [2.45, 2.75) is 25.6 Å². The molecule has 5 heteroatoms. The van der Waals surface area contributed by atoms with E-state index < -0.39 is 0 Å². The third kappa shape index (κ3) is 3.10. The van der Waals surface area contributed by atoms with E-state index in [1.807, 2.05) is 36.1 Å². The zero-order chi connectivity index (χ0) is 14.5. The Morgan fingerprint density at radius 1 is 1.35 bits per heavy atom. The molecule has 1 aliphatic rings. The number of hydrogen-bond donors (Lipinski definition) is 1. The van der Waals surface area contributed by atoms with Crippen LogP contribution >= 0.6 is 11.8 Å². The Labute approximate surface area is 124 Å². The van der Waals surface area contributed by atoms with Gasteiger partial charge >= 0.3 is 0 Å². The van der Waals surface area contributed by atoms with Gasteiger partial charge in [0.15, 0.2) is 0 Å². The molecule has 0 aromatic heterocycles. The van der Waals surface area contributed by atoms with Gasteiger partial charge in [0.05, 0.1) is 13.2 Å². The Kier molecular flexibility index (Phi) is 5.31. The Balaban J connectivity index is 2.19. The number of benzene rings is 1. The maximum absolute atomic E-state index is 12.4. The van der Waals surface area contributed by atoms with Gasteiger partial charge in [0, 0.05) is 12.3 Å². The van der Waals surface area contributed by atoms with Crippen molar-refractivity contribution in [3.8, 4) is 5.75 Å². The summed E-state index contributed by atoms with van der Waals surface area (Å²) >= 11 is 1.76. The van der Waals surface area contributed by atoms with Crippen molar-refractivity contribution >= 4 is 17.7 Å². The largest absolute Gasteiger partial charge is 0.497 e. The van der Waals surface area contributed by atoms with Crippen LogP contribution in [-0.4, -0.2) is 42.5 Å². The van der Waals surface area contributed by atoms with E-state index in [0.29, 0.717) is 0 Å². The number of carbonyl (C=O) groups is 1. The number of nitrogens with one attached hydrogen (secondary N) is 1. The molecule has 0 spiro atoms. The topological polar surface area (TPSA) is 41.6 Å². The van der Waals surface area contributed by atoms with Crippen molar-refractivity contribution in [1.82, 2.24) is 10.2 Å². The third-order valence-corrected chi connectivity index (χ3v) is 4.22. The smallest absolute Gasteiger partial charge is 0.241 e. The predicted octanol–water partition coefficient (Wildman–Crippen LogP) is 2.27. The summed E-state index contributed by atoms with van der Waals surface area (Å²) in [5.74, 6) is 2.00. The Bertz CT molecular complexity index is 450. The van der Waals surface area contributed by atoms with E-state index >= 15 is 0 Å². The van der Waals surface area contributed by atoms with Gasteiger partial charge in [-0.15, -0.1) is 0 Å². The van der Waals surface area contributed by atoms with E-state index in [2.05, 4.69) is 11.6 Å². The fourth-order valence-corrected chi connectivity index (χ4v) is 2.84. The van der Waals surface area contributed by atoms with Crippen molar-refractivity contribution in [1.29, 1.82) is 0 Å². The molecule has 1 saturated heterocycles. The lowest BCUT2D eigenvalue weighted by atomic mass is 10.1. The molecule has 20 heavy (non-hydrogen) atoms. The molecule has 0 aliphatic carbocycles. The summed E-state index contributed by atoms with van der Waals surface area (Å²) in [4.78, 5) is 14.3. The first-order chi connectivity index (χ1) is 9.71. The number of nitrogens with zero attached hydrogens (tertiary/aromatic N) is 1. The maximum Gasteiger partial charge on any atom is 0.241 e. The summed E-state index contributed by atoms with van der Waals surface area (Å²) in [5.41, 5.74) is 1.11. The highest BCUT2D eigenvalue weighted by atomic mass is 32.2. The lowest BCUT2D eigenvalue weighted by Crippen LogP contribution is -2.32. The number of carbonyl (C=O) groups excluding carboxylic acids is 1. The summed E-state index contributed by atoms with van der Waals surface area (Å²) in [5, 5.41) is 3.43. The molecule has 1 heterocycles. The molecule has 2 rings (SSSR count). The highest BCUT2D eigenvalue weighted by molar-refractivity contribution is 7.98. The van der Waals surface area contributed by atoms with Gasteiger partial charge in [0.2, 0.25) is 5.91 Å². The quantitative estimate of drug-likeness (QED) is 0.874. The van der Waals surface area contributed by atoms with Crippen LogP contribution < -0.4 is 10.1 Å². The van der Waals surface area contributed by atoms with Crippen molar-refractivity contribution in [3.05, 3.63) is 29.8 Å². The summed E-state index contributed by atoms with van der Waals surface area (Å²) in [6.07, 6.45) is 2.86. The van der Waals surface area contributed by atoms with Gasteiger partial charge in [0.1, 0.15) is 11.9 Å². The molecular formula is C15H22N2O2S. The monoisotopic (exact) mass is 294 g/mol. The standard InChI is InChI=1S/C15H22N2O2S/c1-4-13-15(18)17(9-10-20-3)14(16-13)11-5-7-12(19-2)8-6-11/h5-8,13-14,16H,4,9-10H2,1-3H3. The van der Waals surface area contributed by atoms with Gasteiger partial charge < -0.3 is 9.64 Å². The van der Waals surface area contributed by atoms with Gasteiger partial charge in [-0.05, 0) is 30.4 Å². The fourth-order valence-electron chi connectivity index (χ4n) is 2.46. The summed E-state index contributed by atoms with van der Waals surface area (Å²) in [7, 11) is 1.66. The van der Waals surface area contributed by atoms with Crippen molar-refractivity contribution in [3.63, 3.8) is 0 Å². The van der Waals surface area contributed by atoms with Gasteiger partial charge in [0.25, 0.3) is 0 Å². The number of rotatable bonds is 6. The number of amides is 1. The van der Waals surface area contributed by atoms with Gasteiger partial charge in [-0.3, -0.25) is 10.1 Å². The molecule has 1 aromatic rings. The zero-order valence-electron chi connectivity index (χ0n) is 12.3. The molecule has 2 atom stereocenters. The fraction of sp³-hybridized carbons (Fsp3) is 0.533. The minimum absolute atomic E-state index is 0.0227.